The van der Waals surface area contributed by atoms with Gasteiger partial charge in [-0.25, -0.2) is 0 Å². The number of nitrogens with one attached hydrogen (secondary N) is 1. The zero-order chi connectivity index (χ0) is 17.8. The minimum atomic E-state index is -0.0503. The number of rotatable bonds is 5. The van der Waals surface area contributed by atoms with Gasteiger partial charge in [-0.2, -0.15) is 0 Å². The standard InChI is InChI=1S/C20H20ClN3O/c1-14-5-7-18(8-6-14)23-19(25)13-24(2)12-16-11-17(21)10-15-4-3-9-22-20(15)16/h3-11H,12-13H2,1-2H3,(H,23,25). The monoisotopic (exact) mass is 353 g/mol. The second-order valence-corrected chi connectivity index (χ2v) is 6.66. The predicted octanol–water partition coefficient (Wildman–Crippen LogP) is 4.27. The van der Waals surface area contributed by atoms with E-state index >= 15 is 0 Å². The maximum Gasteiger partial charge on any atom is 0.238 e. The van der Waals surface area contributed by atoms with Gasteiger partial charge in [-0.3, -0.25) is 14.7 Å². The number of nitrogens with zero attached hydrogens (tertiary/aromatic N) is 2. The van der Waals surface area contributed by atoms with Crippen LogP contribution in [0.25, 0.3) is 10.9 Å². The Morgan fingerprint density at radius 3 is 2.72 bits per heavy atom. The molecule has 0 spiro atoms. The topological polar surface area (TPSA) is 45.2 Å². The number of carbonyl (C=O) groups is 1. The first kappa shape index (κ1) is 17.4. The summed E-state index contributed by atoms with van der Waals surface area (Å²) in [5, 5.41) is 4.59. The van der Waals surface area contributed by atoms with Gasteiger partial charge in [-0.1, -0.05) is 35.4 Å². The van der Waals surface area contributed by atoms with Crippen molar-refractivity contribution >= 4 is 34.1 Å². The predicted molar refractivity (Wildman–Crippen MR) is 103 cm³/mol. The van der Waals surface area contributed by atoms with E-state index in [2.05, 4.69) is 10.3 Å². The smallest absolute Gasteiger partial charge is 0.238 e. The molecular formula is C20H20ClN3O. The Bertz CT molecular complexity index is 893. The molecule has 0 unspecified atom stereocenters. The van der Waals surface area contributed by atoms with Crippen LogP contribution in [-0.4, -0.2) is 29.4 Å². The van der Waals surface area contributed by atoms with E-state index in [1.807, 2.05) is 67.4 Å². The van der Waals surface area contributed by atoms with Crippen molar-refractivity contribution in [3.8, 4) is 0 Å². The molecule has 3 aromatic rings. The molecule has 0 saturated carbocycles. The fourth-order valence-electron chi connectivity index (χ4n) is 2.78. The second kappa shape index (κ2) is 7.64. The molecule has 4 nitrogen and oxygen atoms in total. The minimum absolute atomic E-state index is 0.0503. The molecule has 1 heterocycles. The highest BCUT2D eigenvalue weighted by Crippen LogP contribution is 2.23. The van der Waals surface area contributed by atoms with Gasteiger partial charge in [0.25, 0.3) is 0 Å². The number of amides is 1. The second-order valence-electron chi connectivity index (χ2n) is 6.23. The Balaban J connectivity index is 1.67. The summed E-state index contributed by atoms with van der Waals surface area (Å²) >= 11 is 6.21. The Kier molecular flexibility index (Phi) is 5.31. The van der Waals surface area contributed by atoms with Gasteiger partial charge in [0.15, 0.2) is 0 Å². The minimum Gasteiger partial charge on any atom is -0.325 e. The van der Waals surface area contributed by atoms with Gasteiger partial charge in [-0.05, 0) is 49.9 Å². The molecule has 0 saturated heterocycles. The molecule has 3 rings (SSSR count). The SMILES string of the molecule is Cc1ccc(NC(=O)CN(C)Cc2cc(Cl)cc3cccnc23)cc1. The number of likely N-dealkylation sites (N-methyl/N-ethyl adjacent to an activating group) is 1. The molecule has 2 aromatic carbocycles. The first-order valence-electron chi connectivity index (χ1n) is 8.09. The zero-order valence-electron chi connectivity index (χ0n) is 14.3. The van der Waals surface area contributed by atoms with Crippen LogP contribution in [0.15, 0.2) is 54.7 Å². The Labute approximate surface area is 152 Å². The lowest BCUT2D eigenvalue weighted by Gasteiger charge is -2.17. The third-order valence-electron chi connectivity index (χ3n) is 3.94. The molecule has 128 valence electrons. The molecule has 0 aliphatic heterocycles. The van der Waals surface area contributed by atoms with E-state index in [9.17, 15) is 4.79 Å². The number of fused-ring (bicyclic) bond motifs is 1. The van der Waals surface area contributed by atoms with Gasteiger partial charge in [-0.15, -0.1) is 0 Å². The van der Waals surface area contributed by atoms with Crippen molar-refractivity contribution in [2.45, 2.75) is 13.5 Å². The normalized spacial score (nSPS) is 11.0. The number of anilines is 1. The van der Waals surface area contributed by atoms with Crippen LogP contribution in [0.4, 0.5) is 5.69 Å². The van der Waals surface area contributed by atoms with E-state index in [1.165, 1.54) is 0 Å². The van der Waals surface area contributed by atoms with Crippen molar-refractivity contribution in [3.05, 3.63) is 70.9 Å². The Hall–Kier alpha value is -2.43. The van der Waals surface area contributed by atoms with Gasteiger partial charge in [0.1, 0.15) is 0 Å². The number of halogens is 1. The third-order valence-corrected chi connectivity index (χ3v) is 4.16. The Morgan fingerprint density at radius 2 is 1.96 bits per heavy atom. The van der Waals surface area contributed by atoms with Crippen molar-refractivity contribution in [1.82, 2.24) is 9.88 Å². The van der Waals surface area contributed by atoms with Crippen LogP contribution in [0.3, 0.4) is 0 Å². The van der Waals surface area contributed by atoms with Crippen LogP contribution in [0.5, 0.6) is 0 Å². The van der Waals surface area contributed by atoms with Crippen molar-refractivity contribution in [2.24, 2.45) is 0 Å². The van der Waals surface area contributed by atoms with Gasteiger partial charge < -0.3 is 5.32 Å². The van der Waals surface area contributed by atoms with Crippen LogP contribution in [0, 0.1) is 6.92 Å². The van der Waals surface area contributed by atoms with E-state index in [0.717, 1.165) is 27.7 Å². The highest BCUT2D eigenvalue weighted by atomic mass is 35.5. The summed E-state index contributed by atoms with van der Waals surface area (Å²) in [5.74, 6) is -0.0503. The molecule has 0 aliphatic rings. The summed E-state index contributed by atoms with van der Waals surface area (Å²) in [5.41, 5.74) is 3.89. The number of benzene rings is 2. The number of aryl methyl sites for hydroxylation is 1. The summed E-state index contributed by atoms with van der Waals surface area (Å²) in [7, 11) is 1.91. The summed E-state index contributed by atoms with van der Waals surface area (Å²) in [6.07, 6.45) is 1.77. The van der Waals surface area contributed by atoms with Crippen molar-refractivity contribution in [3.63, 3.8) is 0 Å². The quantitative estimate of drug-likeness (QED) is 0.745. The van der Waals surface area contributed by atoms with Crippen LogP contribution in [0.2, 0.25) is 5.02 Å². The molecule has 0 bridgehead atoms. The van der Waals surface area contributed by atoms with Gasteiger partial charge in [0.05, 0.1) is 12.1 Å². The highest BCUT2D eigenvalue weighted by Gasteiger charge is 2.11. The molecule has 1 amide bonds. The summed E-state index contributed by atoms with van der Waals surface area (Å²) in [6, 6.07) is 15.4. The number of hydrogen-bond acceptors (Lipinski definition) is 3. The number of pyridine rings is 1. The van der Waals surface area contributed by atoms with E-state index in [1.54, 1.807) is 6.20 Å². The molecule has 0 radical (unpaired) electrons. The third kappa shape index (κ3) is 4.56. The lowest BCUT2D eigenvalue weighted by molar-refractivity contribution is -0.117. The largest absolute Gasteiger partial charge is 0.325 e. The van der Waals surface area contributed by atoms with Crippen LogP contribution in [-0.2, 0) is 11.3 Å². The molecule has 1 N–H and O–H groups in total. The molecule has 0 fully saturated rings. The number of hydrogen-bond donors (Lipinski definition) is 1. The molecule has 0 atom stereocenters. The fourth-order valence-corrected chi connectivity index (χ4v) is 3.03. The van der Waals surface area contributed by atoms with Crippen molar-refractivity contribution in [2.75, 3.05) is 18.9 Å². The van der Waals surface area contributed by atoms with Gasteiger partial charge >= 0.3 is 0 Å². The maximum absolute atomic E-state index is 12.2. The van der Waals surface area contributed by atoms with Crippen LogP contribution < -0.4 is 5.32 Å². The average molecular weight is 354 g/mol. The zero-order valence-corrected chi connectivity index (χ0v) is 15.0. The maximum atomic E-state index is 12.2. The van der Waals surface area contributed by atoms with Crippen LogP contribution >= 0.6 is 11.6 Å². The molecule has 0 aliphatic carbocycles. The van der Waals surface area contributed by atoms with Crippen molar-refractivity contribution < 1.29 is 4.79 Å². The van der Waals surface area contributed by atoms with Crippen LogP contribution in [0.1, 0.15) is 11.1 Å². The molecular weight excluding hydrogens is 334 g/mol. The van der Waals surface area contributed by atoms with Crippen molar-refractivity contribution in [1.29, 1.82) is 0 Å². The summed E-state index contributed by atoms with van der Waals surface area (Å²) in [4.78, 5) is 18.6. The lowest BCUT2D eigenvalue weighted by atomic mass is 10.1. The first-order valence-corrected chi connectivity index (χ1v) is 8.47. The summed E-state index contributed by atoms with van der Waals surface area (Å²) in [6.45, 7) is 2.90. The Morgan fingerprint density at radius 1 is 1.20 bits per heavy atom. The number of aromatic nitrogens is 1. The van der Waals surface area contributed by atoms with Gasteiger partial charge in [0.2, 0.25) is 5.91 Å². The van der Waals surface area contributed by atoms with Gasteiger partial charge in [0, 0.05) is 28.8 Å². The highest BCUT2D eigenvalue weighted by molar-refractivity contribution is 6.31. The number of carbonyl (C=O) groups excluding carboxylic acids is 1. The molecule has 5 heteroatoms. The first-order chi connectivity index (χ1) is 12.0. The summed E-state index contributed by atoms with van der Waals surface area (Å²) < 4.78 is 0. The molecule has 1 aromatic heterocycles. The lowest BCUT2D eigenvalue weighted by Crippen LogP contribution is -2.29. The average Bonchev–Trinajstić information content (AvgIpc) is 2.56. The van der Waals surface area contributed by atoms with E-state index in [-0.39, 0.29) is 12.5 Å². The van der Waals surface area contributed by atoms with E-state index in [4.69, 9.17) is 11.6 Å². The molecule has 25 heavy (non-hydrogen) atoms. The fraction of sp³-hybridized carbons (Fsp3) is 0.200. The van der Waals surface area contributed by atoms with E-state index in [0.29, 0.717) is 11.6 Å². The van der Waals surface area contributed by atoms with E-state index < -0.39 is 0 Å².